The highest BCUT2D eigenvalue weighted by Crippen LogP contribution is 2.02. The first-order chi connectivity index (χ1) is 8.75. The van der Waals surface area contributed by atoms with E-state index in [0.29, 0.717) is 11.3 Å². The van der Waals surface area contributed by atoms with E-state index in [1.807, 2.05) is 6.07 Å². The lowest BCUT2D eigenvalue weighted by molar-refractivity contribution is 0.0955. The zero-order valence-electron chi connectivity index (χ0n) is 9.38. The number of hydrazone groups is 1. The molecule has 0 bridgehead atoms. The Balaban J connectivity index is 1.96. The molecule has 1 aromatic carbocycles. The van der Waals surface area contributed by atoms with E-state index in [9.17, 15) is 9.18 Å². The minimum atomic E-state index is -0.401. The van der Waals surface area contributed by atoms with Crippen LogP contribution in [0.5, 0.6) is 0 Å². The van der Waals surface area contributed by atoms with Crippen molar-refractivity contribution in [3.63, 3.8) is 0 Å². The molecule has 0 saturated carbocycles. The van der Waals surface area contributed by atoms with E-state index in [1.54, 1.807) is 18.3 Å². The van der Waals surface area contributed by atoms with E-state index in [0.717, 1.165) is 0 Å². The first kappa shape index (κ1) is 11.9. The Labute approximate surface area is 103 Å². The van der Waals surface area contributed by atoms with Gasteiger partial charge in [0, 0.05) is 11.8 Å². The summed E-state index contributed by atoms with van der Waals surface area (Å²) >= 11 is 0. The number of rotatable bonds is 3. The number of amides is 1. The summed E-state index contributed by atoms with van der Waals surface area (Å²) in [5.41, 5.74) is 3.31. The van der Waals surface area contributed by atoms with Gasteiger partial charge in [0.15, 0.2) is 0 Å². The van der Waals surface area contributed by atoms with Gasteiger partial charge in [0.05, 0.1) is 11.9 Å². The summed E-state index contributed by atoms with van der Waals surface area (Å²) in [4.78, 5) is 15.6. The minimum absolute atomic E-state index is 0.342. The molecule has 18 heavy (non-hydrogen) atoms. The maximum atomic E-state index is 12.7. The Morgan fingerprint density at radius 1 is 1.22 bits per heavy atom. The second kappa shape index (κ2) is 5.67. The Bertz CT molecular complexity index is 552. The number of nitrogens with zero attached hydrogens (tertiary/aromatic N) is 2. The fourth-order valence-electron chi connectivity index (χ4n) is 1.28. The molecule has 1 amide bonds. The number of pyridine rings is 1. The molecule has 0 aliphatic heterocycles. The van der Waals surface area contributed by atoms with Gasteiger partial charge in [-0.3, -0.25) is 9.78 Å². The van der Waals surface area contributed by atoms with Crippen LogP contribution in [0.15, 0.2) is 53.8 Å². The van der Waals surface area contributed by atoms with Gasteiger partial charge in [0.1, 0.15) is 5.82 Å². The molecule has 0 aliphatic carbocycles. The summed E-state index contributed by atoms with van der Waals surface area (Å²) in [5.74, 6) is -0.786. The zero-order chi connectivity index (χ0) is 12.8. The molecule has 0 radical (unpaired) electrons. The van der Waals surface area contributed by atoms with E-state index in [2.05, 4.69) is 15.5 Å². The number of nitrogens with one attached hydrogen (secondary N) is 1. The van der Waals surface area contributed by atoms with Crippen LogP contribution in [0, 0.1) is 5.82 Å². The quantitative estimate of drug-likeness (QED) is 0.662. The lowest BCUT2D eigenvalue weighted by Gasteiger charge is -1.99. The van der Waals surface area contributed by atoms with Crippen LogP contribution in [0.4, 0.5) is 4.39 Å². The molecule has 0 unspecified atom stereocenters. The van der Waals surface area contributed by atoms with Gasteiger partial charge in [0.2, 0.25) is 0 Å². The highest BCUT2D eigenvalue weighted by Gasteiger charge is 2.03. The number of hydrogen-bond donors (Lipinski definition) is 1. The molecule has 0 aliphatic rings. The van der Waals surface area contributed by atoms with Crippen molar-refractivity contribution in [3.8, 4) is 0 Å². The second-order valence-corrected chi connectivity index (χ2v) is 3.46. The van der Waals surface area contributed by atoms with Crippen LogP contribution in [-0.4, -0.2) is 17.1 Å². The summed E-state index contributed by atoms with van der Waals surface area (Å²) in [7, 11) is 0. The molecule has 1 aromatic heterocycles. The third-order valence-electron chi connectivity index (χ3n) is 2.16. The molecule has 0 fully saturated rings. The van der Waals surface area contributed by atoms with Crippen LogP contribution in [0.1, 0.15) is 16.1 Å². The lowest BCUT2D eigenvalue weighted by Crippen LogP contribution is -2.17. The molecule has 5 heteroatoms. The first-order valence-corrected chi connectivity index (χ1v) is 5.26. The third-order valence-corrected chi connectivity index (χ3v) is 2.16. The van der Waals surface area contributed by atoms with Crippen LogP contribution < -0.4 is 5.43 Å². The normalized spacial score (nSPS) is 10.5. The molecule has 1 heterocycles. The number of aromatic nitrogens is 1. The van der Waals surface area contributed by atoms with Gasteiger partial charge in [-0.1, -0.05) is 6.07 Å². The van der Waals surface area contributed by atoms with Crippen molar-refractivity contribution in [1.29, 1.82) is 0 Å². The van der Waals surface area contributed by atoms with Crippen molar-refractivity contribution in [2.24, 2.45) is 5.10 Å². The van der Waals surface area contributed by atoms with Gasteiger partial charge in [-0.15, -0.1) is 0 Å². The van der Waals surface area contributed by atoms with Crippen LogP contribution in [-0.2, 0) is 0 Å². The Morgan fingerprint density at radius 2 is 2.00 bits per heavy atom. The average Bonchev–Trinajstić information content (AvgIpc) is 2.40. The molecular weight excluding hydrogens is 233 g/mol. The number of carbonyl (C=O) groups is 1. The van der Waals surface area contributed by atoms with Crippen molar-refractivity contribution in [3.05, 3.63) is 65.7 Å². The highest BCUT2D eigenvalue weighted by atomic mass is 19.1. The number of benzene rings is 1. The molecule has 0 saturated heterocycles. The summed E-state index contributed by atoms with van der Waals surface area (Å²) in [6.45, 7) is 0. The van der Waals surface area contributed by atoms with Crippen LogP contribution in [0.2, 0.25) is 0 Å². The van der Waals surface area contributed by atoms with Crippen LogP contribution in [0.3, 0.4) is 0 Å². The largest absolute Gasteiger partial charge is 0.271 e. The zero-order valence-corrected chi connectivity index (χ0v) is 9.38. The smallest absolute Gasteiger partial charge is 0.267 e. The second-order valence-electron chi connectivity index (χ2n) is 3.46. The fourth-order valence-corrected chi connectivity index (χ4v) is 1.28. The van der Waals surface area contributed by atoms with Crippen molar-refractivity contribution in [2.45, 2.75) is 0 Å². The van der Waals surface area contributed by atoms with Crippen LogP contribution >= 0.6 is 0 Å². The van der Waals surface area contributed by atoms with Gasteiger partial charge in [-0.2, -0.15) is 5.10 Å². The lowest BCUT2D eigenvalue weighted by atomic mass is 10.2. The Kier molecular flexibility index (Phi) is 3.76. The Hall–Kier alpha value is -2.56. The Morgan fingerprint density at radius 3 is 2.67 bits per heavy atom. The van der Waals surface area contributed by atoms with Gasteiger partial charge >= 0.3 is 0 Å². The van der Waals surface area contributed by atoms with Gasteiger partial charge in [-0.25, -0.2) is 9.82 Å². The van der Waals surface area contributed by atoms with E-state index >= 15 is 0 Å². The van der Waals surface area contributed by atoms with Crippen molar-refractivity contribution < 1.29 is 9.18 Å². The standard InChI is InChI=1S/C13H10FN3O/c14-11-6-4-10(5-7-11)13(18)17-16-9-12-3-1-2-8-15-12/h1-9H,(H,17,18). The van der Waals surface area contributed by atoms with Crippen molar-refractivity contribution >= 4 is 12.1 Å². The SMILES string of the molecule is O=C(NN=Cc1ccccn1)c1ccc(F)cc1. The maximum absolute atomic E-state index is 12.7. The monoisotopic (exact) mass is 243 g/mol. The van der Waals surface area contributed by atoms with Crippen LogP contribution in [0.25, 0.3) is 0 Å². The number of carbonyl (C=O) groups excluding carboxylic acids is 1. The number of hydrogen-bond acceptors (Lipinski definition) is 3. The predicted molar refractivity (Wildman–Crippen MR) is 65.7 cm³/mol. The van der Waals surface area contributed by atoms with E-state index in [1.165, 1.54) is 30.5 Å². The van der Waals surface area contributed by atoms with E-state index < -0.39 is 5.91 Å². The molecule has 4 nitrogen and oxygen atoms in total. The summed E-state index contributed by atoms with van der Waals surface area (Å²) in [5, 5.41) is 3.76. The summed E-state index contributed by atoms with van der Waals surface area (Å²) in [6, 6.07) is 10.6. The van der Waals surface area contributed by atoms with Crippen molar-refractivity contribution in [1.82, 2.24) is 10.4 Å². The van der Waals surface area contributed by atoms with Gasteiger partial charge in [0.25, 0.3) is 5.91 Å². The van der Waals surface area contributed by atoms with Crippen molar-refractivity contribution in [2.75, 3.05) is 0 Å². The summed E-state index contributed by atoms with van der Waals surface area (Å²) in [6.07, 6.45) is 3.06. The third kappa shape index (κ3) is 3.21. The minimum Gasteiger partial charge on any atom is -0.267 e. The molecule has 2 rings (SSSR count). The van der Waals surface area contributed by atoms with Gasteiger partial charge < -0.3 is 0 Å². The molecule has 1 N–H and O–H groups in total. The van der Waals surface area contributed by atoms with Gasteiger partial charge in [-0.05, 0) is 36.4 Å². The molecule has 2 aromatic rings. The molecule has 90 valence electrons. The maximum Gasteiger partial charge on any atom is 0.271 e. The topological polar surface area (TPSA) is 54.4 Å². The van der Waals surface area contributed by atoms with E-state index in [4.69, 9.17) is 0 Å². The highest BCUT2D eigenvalue weighted by molar-refractivity contribution is 5.94. The fraction of sp³-hybridized carbons (Fsp3) is 0. The number of halogens is 1. The first-order valence-electron chi connectivity index (χ1n) is 5.26. The molecular formula is C13H10FN3O. The summed E-state index contributed by atoms with van der Waals surface area (Å²) < 4.78 is 12.7. The molecule has 0 spiro atoms. The average molecular weight is 243 g/mol. The predicted octanol–water partition coefficient (Wildman–Crippen LogP) is 1.98. The van der Waals surface area contributed by atoms with E-state index in [-0.39, 0.29) is 5.82 Å². The molecule has 0 atom stereocenters.